The molecule has 0 aliphatic heterocycles. The summed E-state index contributed by atoms with van der Waals surface area (Å²) < 4.78 is 1.79. The number of hydrogen-bond donors (Lipinski definition) is 0. The minimum atomic E-state index is -0.0249. The Kier molecular flexibility index (Phi) is 4.67. The first-order chi connectivity index (χ1) is 11.6. The molecule has 0 radical (unpaired) electrons. The number of benzene rings is 2. The number of nitrogens with zero attached hydrogens (tertiary/aromatic N) is 2. The number of carbonyl (C=O) groups excluding carboxylic acids is 2. The monoisotopic (exact) mass is 340 g/mol. The zero-order valence-electron chi connectivity index (χ0n) is 13.3. The van der Waals surface area contributed by atoms with E-state index in [0.29, 0.717) is 17.1 Å². The van der Waals surface area contributed by atoms with Gasteiger partial charge in [0.15, 0.2) is 6.29 Å². The minimum absolute atomic E-state index is 0.0249. The van der Waals surface area contributed by atoms with Gasteiger partial charge >= 0.3 is 0 Å². The van der Waals surface area contributed by atoms with Crippen molar-refractivity contribution in [3.63, 3.8) is 0 Å². The van der Waals surface area contributed by atoms with Crippen molar-refractivity contribution >= 4 is 34.7 Å². The maximum Gasteiger partial charge on any atom is 0.242 e. The molecule has 0 unspecified atom stereocenters. The lowest BCUT2D eigenvalue weighted by molar-refractivity contribution is -0.131. The smallest absolute Gasteiger partial charge is 0.242 e. The second-order valence-corrected chi connectivity index (χ2v) is 6.16. The van der Waals surface area contributed by atoms with Gasteiger partial charge in [0, 0.05) is 41.3 Å². The highest BCUT2D eigenvalue weighted by molar-refractivity contribution is 6.31. The van der Waals surface area contributed by atoms with Gasteiger partial charge in [-0.2, -0.15) is 0 Å². The molecule has 1 amide bonds. The summed E-state index contributed by atoms with van der Waals surface area (Å²) in [6, 6.07) is 15.2. The molecule has 24 heavy (non-hydrogen) atoms. The van der Waals surface area contributed by atoms with Crippen LogP contribution in [0, 0.1) is 0 Å². The predicted molar refractivity (Wildman–Crippen MR) is 95.3 cm³/mol. The molecule has 0 saturated carbocycles. The lowest BCUT2D eigenvalue weighted by Crippen LogP contribution is -2.29. The van der Waals surface area contributed by atoms with Crippen LogP contribution < -0.4 is 0 Å². The van der Waals surface area contributed by atoms with Crippen LogP contribution in [0.3, 0.4) is 0 Å². The van der Waals surface area contributed by atoms with Gasteiger partial charge in [0.25, 0.3) is 0 Å². The molecular formula is C19H17ClN2O2. The number of carbonyl (C=O) groups is 2. The Balaban J connectivity index is 1.81. The number of fused-ring (bicyclic) bond motifs is 1. The topological polar surface area (TPSA) is 42.3 Å². The standard InChI is InChI=1S/C19H17ClN2O2/c1-21(10-14-5-3-2-4-6-14)19(24)12-22-11-15(13-23)17-9-16(20)7-8-18(17)22/h2-9,11,13H,10,12H2,1H3. The van der Waals surface area contributed by atoms with Gasteiger partial charge in [-0.1, -0.05) is 41.9 Å². The molecule has 1 aromatic heterocycles. The molecule has 1 heterocycles. The Morgan fingerprint density at radius 3 is 2.67 bits per heavy atom. The van der Waals surface area contributed by atoms with E-state index in [1.54, 1.807) is 34.8 Å². The molecule has 0 aliphatic rings. The summed E-state index contributed by atoms with van der Waals surface area (Å²) in [5, 5.41) is 1.33. The number of halogens is 1. The van der Waals surface area contributed by atoms with Gasteiger partial charge in [0.2, 0.25) is 5.91 Å². The first kappa shape index (κ1) is 16.3. The number of hydrogen-bond acceptors (Lipinski definition) is 2. The molecule has 3 rings (SSSR count). The molecule has 2 aromatic carbocycles. The second kappa shape index (κ2) is 6.89. The fourth-order valence-corrected chi connectivity index (χ4v) is 2.91. The van der Waals surface area contributed by atoms with Crippen molar-refractivity contribution in [2.45, 2.75) is 13.1 Å². The van der Waals surface area contributed by atoms with Crippen molar-refractivity contribution < 1.29 is 9.59 Å². The van der Waals surface area contributed by atoms with Gasteiger partial charge in [-0.05, 0) is 23.8 Å². The lowest BCUT2D eigenvalue weighted by atomic mass is 10.2. The third-order valence-corrected chi connectivity index (χ3v) is 4.23. The SMILES string of the molecule is CN(Cc1ccccc1)C(=O)Cn1cc(C=O)c2cc(Cl)ccc21. The number of amides is 1. The Hall–Kier alpha value is -2.59. The fraction of sp³-hybridized carbons (Fsp3) is 0.158. The van der Waals surface area contributed by atoms with Gasteiger partial charge in [0.05, 0.1) is 0 Å². The van der Waals surface area contributed by atoms with Gasteiger partial charge < -0.3 is 9.47 Å². The zero-order chi connectivity index (χ0) is 17.1. The molecule has 0 fully saturated rings. The van der Waals surface area contributed by atoms with Gasteiger partial charge in [-0.15, -0.1) is 0 Å². The molecular weight excluding hydrogens is 324 g/mol. The Labute approximate surface area is 145 Å². The number of rotatable bonds is 5. The van der Waals surface area contributed by atoms with Gasteiger partial charge in [0.1, 0.15) is 6.54 Å². The third kappa shape index (κ3) is 3.34. The molecule has 0 spiro atoms. The van der Waals surface area contributed by atoms with E-state index in [9.17, 15) is 9.59 Å². The summed E-state index contributed by atoms with van der Waals surface area (Å²) in [6.07, 6.45) is 2.48. The van der Waals surface area contributed by atoms with Crippen molar-refractivity contribution in [3.8, 4) is 0 Å². The van der Waals surface area contributed by atoms with Crippen molar-refractivity contribution in [1.29, 1.82) is 0 Å². The Bertz CT molecular complexity index is 887. The summed E-state index contributed by atoms with van der Waals surface area (Å²) in [5.74, 6) is -0.0249. The van der Waals surface area contributed by atoms with Crippen LogP contribution in [-0.2, 0) is 17.9 Å². The van der Waals surface area contributed by atoms with Crippen LogP contribution in [0.25, 0.3) is 10.9 Å². The quantitative estimate of drug-likeness (QED) is 0.663. The average molecular weight is 341 g/mol. The molecule has 5 heteroatoms. The lowest BCUT2D eigenvalue weighted by Gasteiger charge is -2.18. The number of aldehydes is 1. The molecule has 0 saturated heterocycles. The largest absolute Gasteiger partial charge is 0.340 e. The maximum absolute atomic E-state index is 12.5. The normalized spacial score (nSPS) is 10.8. The summed E-state index contributed by atoms with van der Waals surface area (Å²) in [7, 11) is 1.78. The van der Waals surface area contributed by atoms with Crippen molar-refractivity contribution in [2.75, 3.05) is 7.05 Å². The molecule has 4 nitrogen and oxygen atoms in total. The van der Waals surface area contributed by atoms with E-state index in [2.05, 4.69) is 0 Å². The van der Waals surface area contributed by atoms with Crippen LogP contribution in [0.1, 0.15) is 15.9 Å². The molecule has 3 aromatic rings. The third-order valence-electron chi connectivity index (χ3n) is 3.99. The van der Waals surface area contributed by atoms with E-state index >= 15 is 0 Å². The van der Waals surface area contributed by atoms with E-state index in [-0.39, 0.29) is 12.5 Å². The second-order valence-electron chi connectivity index (χ2n) is 5.73. The van der Waals surface area contributed by atoms with E-state index in [4.69, 9.17) is 11.6 Å². The molecule has 0 bridgehead atoms. The molecule has 0 aliphatic carbocycles. The average Bonchev–Trinajstić information content (AvgIpc) is 2.92. The van der Waals surface area contributed by atoms with Crippen LogP contribution in [-0.4, -0.2) is 28.7 Å². The Morgan fingerprint density at radius 2 is 1.96 bits per heavy atom. The van der Waals surface area contributed by atoms with Crippen molar-refractivity contribution in [3.05, 3.63) is 70.9 Å². The molecule has 0 N–H and O–H groups in total. The first-order valence-corrected chi connectivity index (χ1v) is 7.98. The first-order valence-electron chi connectivity index (χ1n) is 7.60. The summed E-state index contributed by atoms with van der Waals surface area (Å²) >= 11 is 6.00. The minimum Gasteiger partial charge on any atom is -0.340 e. The zero-order valence-corrected chi connectivity index (χ0v) is 14.0. The van der Waals surface area contributed by atoms with Crippen molar-refractivity contribution in [1.82, 2.24) is 9.47 Å². The summed E-state index contributed by atoms with van der Waals surface area (Å²) in [4.78, 5) is 25.4. The summed E-state index contributed by atoms with van der Waals surface area (Å²) in [5.41, 5.74) is 2.43. The summed E-state index contributed by atoms with van der Waals surface area (Å²) in [6.45, 7) is 0.723. The Morgan fingerprint density at radius 1 is 1.21 bits per heavy atom. The van der Waals surface area contributed by atoms with Gasteiger partial charge in [-0.3, -0.25) is 9.59 Å². The van der Waals surface area contributed by atoms with E-state index < -0.39 is 0 Å². The van der Waals surface area contributed by atoms with E-state index in [0.717, 1.165) is 22.8 Å². The number of aromatic nitrogens is 1. The predicted octanol–water partition coefficient (Wildman–Crippen LogP) is 3.77. The van der Waals surface area contributed by atoms with Crippen LogP contribution in [0.15, 0.2) is 54.7 Å². The van der Waals surface area contributed by atoms with Crippen LogP contribution in [0.2, 0.25) is 5.02 Å². The van der Waals surface area contributed by atoms with Crippen LogP contribution in [0.4, 0.5) is 0 Å². The molecule has 0 atom stereocenters. The van der Waals surface area contributed by atoms with E-state index in [1.807, 2.05) is 36.4 Å². The maximum atomic E-state index is 12.5. The van der Waals surface area contributed by atoms with E-state index in [1.165, 1.54) is 0 Å². The van der Waals surface area contributed by atoms with Crippen LogP contribution >= 0.6 is 11.6 Å². The molecule has 122 valence electrons. The van der Waals surface area contributed by atoms with Crippen molar-refractivity contribution in [2.24, 2.45) is 0 Å². The highest BCUT2D eigenvalue weighted by Gasteiger charge is 2.14. The number of likely N-dealkylation sites (N-methyl/N-ethyl adjacent to an activating group) is 1. The highest BCUT2D eigenvalue weighted by atomic mass is 35.5. The van der Waals surface area contributed by atoms with Crippen LogP contribution in [0.5, 0.6) is 0 Å². The highest BCUT2D eigenvalue weighted by Crippen LogP contribution is 2.24. The van der Waals surface area contributed by atoms with Gasteiger partial charge in [-0.25, -0.2) is 0 Å². The fourth-order valence-electron chi connectivity index (χ4n) is 2.73.